The number of fused-ring (bicyclic) bond motifs is 3. The molecule has 0 aliphatic carbocycles. The summed E-state index contributed by atoms with van der Waals surface area (Å²) in [6.07, 6.45) is 0. The van der Waals surface area contributed by atoms with E-state index < -0.39 is 0 Å². The molecule has 0 atom stereocenters. The number of rotatable bonds is 11. The number of anilines is 6. The summed E-state index contributed by atoms with van der Waals surface area (Å²) in [6, 6.07) is 100. The molecule has 12 rings (SSSR count). The molecule has 0 aliphatic heterocycles. The summed E-state index contributed by atoms with van der Waals surface area (Å²) >= 11 is 0. The predicted octanol–water partition coefficient (Wildman–Crippen LogP) is 18.1. The number of hydrogen-bond acceptors (Lipinski definition) is 4. The fourth-order valence-corrected chi connectivity index (χ4v) is 10.0. The molecule has 73 heavy (non-hydrogen) atoms. The number of nitriles is 2. The number of benzene rings is 11. The summed E-state index contributed by atoms with van der Waals surface area (Å²) in [5.41, 5.74) is 19.3. The maximum Gasteiger partial charge on any atom is 0.101 e. The molecule has 0 aliphatic rings. The Kier molecular flexibility index (Phi) is 11.6. The van der Waals surface area contributed by atoms with Crippen LogP contribution >= 0.6 is 0 Å². The van der Waals surface area contributed by atoms with Gasteiger partial charge in [-0.15, -0.1) is 0 Å². The molecule has 0 N–H and O–H groups in total. The van der Waals surface area contributed by atoms with Gasteiger partial charge in [0.15, 0.2) is 0 Å². The fraction of sp³-hybridized carbons (Fsp3) is 0. The van der Waals surface area contributed by atoms with Crippen molar-refractivity contribution >= 4 is 55.9 Å². The summed E-state index contributed by atoms with van der Waals surface area (Å²) in [6.45, 7) is 0. The van der Waals surface area contributed by atoms with E-state index in [0.29, 0.717) is 11.1 Å². The van der Waals surface area contributed by atoms with E-state index in [1.165, 1.54) is 10.8 Å². The van der Waals surface area contributed by atoms with Gasteiger partial charge in [0.2, 0.25) is 0 Å². The van der Waals surface area contributed by atoms with Gasteiger partial charge in [-0.25, -0.2) is 0 Å². The highest BCUT2D eigenvalue weighted by Crippen LogP contribution is 2.41. The summed E-state index contributed by atoms with van der Waals surface area (Å²) < 4.78 is 2.38. The minimum atomic E-state index is 0.379. The maximum absolute atomic E-state index is 9.60. The lowest BCUT2D eigenvalue weighted by atomic mass is 9.97. The van der Waals surface area contributed by atoms with Crippen LogP contribution in [-0.2, 0) is 0 Å². The third-order valence-electron chi connectivity index (χ3n) is 13.7. The molecule has 0 radical (unpaired) electrons. The first-order valence-corrected chi connectivity index (χ1v) is 24.4. The van der Waals surface area contributed by atoms with Crippen LogP contribution in [0.15, 0.2) is 273 Å². The van der Waals surface area contributed by atoms with Gasteiger partial charge in [0.1, 0.15) is 12.1 Å². The van der Waals surface area contributed by atoms with Crippen LogP contribution in [0.1, 0.15) is 11.1 Å². The highest BCUT2D eigenvalue weighted by atomic mass is 15.1. The van der Waals surface area contributed by atoms with Gasteiger partial charge in [-0.3, -0.25) is 0 Å². The van der Waals surface area contributed by atoms with Crippen LogP contribution in [0.25, 0.3) is 72.0 Å². The van der Waals surface area contributed by atoms with E-state index in [9.17, 15) is 10.5 Å². The van der Waals surface area contributed by atoms with Crippen molar-refractivity contribution in [1.29, 1.82) is 10.5 Å². The van der Waals surface area contributed by atoms with E-state index in [-0.39, 0.29) is 0 Å². The topological polar surface area (TPSA) is 59.0 Å². The van der Waals surface area contributed by atoms with Gasteiger partial charge in [-0.1, -0.05) is 152 Å². The SMILES string of the molecule is N#Cc1ccc(-c2ccc(-c3ccc(-n4c5ccc(-c6ccc(N(c7ccccc7)c7ccccc7)cc6)cc5c5cc(-c6ccc(N(c7ccccc7)c7ccccc7)cc6)ccc54)cc3)cc2)cc1C#N. The maximum atomic E-state index is 9.60. The average Bonchev–Trinajstić information content (AvgIpc) is 3.79. The smallest absolute Gasteiger partial charge is 0.101 e. The lowest BCUT2D eigenvalue weighted by Crippen LogP contribution is -2.09. The van der Waals surface area contributed by atoms with Crippen molar-refractivity contribution in [2.45, 2.75) is 0 Å². The van der Waals surface area contributed by atoms with Gasteiger partial charge in [0.05, 0.1) is 22.2 Å². The molecule has 0 saturated heterocycles. The van der Waals surface area contributed by atoms with E-state index in [4.69, 9.17) is 0 Å². The second kappa shape index (κ2) is 19.3. The molecule has 12 aromatic rings. The molecule has 11 aromatic carbocycles. The van der Waals surface area contributed by atoms with Gasteiger partial charge < -0.3 is 14.4 Å². The van der Waals surface area contributed by atoms with Gasteiger partial charge in [0.25, 0.3) is 0 Å². The summed E-state index contributed by atoms with van der Waals surface area (Å²) in [7, 11) is 0. The minimum Gasteiger partial charge on any atom is -0.311 e. The van der Waals surface area contributed by atoms with Crippen molar-refractivity contribution < 1.29 is 0 Å². The Morgan fingerprint density at radius 1 is 0.260 bits per heavy atom. The first-order valence-electron chi connectivity index (χ1n) is 24.4. The zero-order valence-electron chi connectivity index (χ0n) is 39.7. The molecule has 1 aromatic heterocycles. The largest absolute Gasteiger partial charge is 0.311 e. The molecule has 0 bridgehead atoms. The second-order valence-corrected chi connectivity index (χ2v) is 18.0. The third kappa shape index (κ3) is 8.55. The Hall–Kier alpha value is -10.2. The Morgan fingerprint density at radius 3 is 0.918 bits per heavy atom. The van der Waals surface area contributed by atoms with Crippen molar-refractivity contribution in [1.82, 2.24) is 4.57 Å². The normalized spacial score (nSPS) is 11.0. The van der Waals surface area contributed by atoms with Gasteiger partial charge in [-0.05, 0) is 166 Å². The minimum absolute atomic E-state index is 0.379. The molecule has 0 saturated carbocycles. The third-order valence-corrected chi connectivity index (χ3v) is 13.7. The molecule has 0 spiro atoms. The molecule has 0 unspecified atom stereocenters. The molecule has 5 nitrogen and oxygen atoms in total. The van der Waals surface area contributed by atoms with Crippen molar-refractivity contribution in [3.8, 4) is 62.3 Å². The number of aromatic nitrogens is 1. The quantitative estimate of drug-likeness (QED) is 0.130. The van der Waals surface area contributed by atoms with Gasteiger partial charge in [0, 0.05) is 50.6 Å². The van der Waals surface area contributed by atoms with Crippen molar-refractivity contribution in [3.05, 3.63) is 284 Å². The summed E-state index contributed by atoms with van der Waals surface area (Å²) in [5.74, 6) is 0. The van der Waals surface area contributed by atoms with Crippen LogP contribution in [0.4, 0.5) is 34.1 Å². The predicted molar refractivity (Wildman–Crippen MR) is 301 cm³/mol. The Balaban J connectivity index is 0.924. The fourth-order valence-electron chi connectivity index (χ4n) is 10.0. The first-order chi connectivity index (χ1) is 36.1. The number of para-hydroxylation sites is 4. The van der Waals surface area contributed by atoms with Crippen molar-refractivity contribution in [3.63, 3.8) is 0 Å². The molecule has 5 heteroatoms. The Morgan fingerprint density at radius 2 is 0.548 bits per heavy atom. The van der Waals surface area contributed by atoms with Crippen LogP contribution in [-0.4, -0.2) is 4.57 Å². The summed E-state index contributed by atoms with van der Waals surface area (Å²) in [5, 5.41) is 21.4. The number of hydrogen-bond donors (Lipinski definition) is 0. The molecule has 0 fully saturated rings. The Bertz CT molecular complexity index is 3720. The van der Waals surface area contributed by atoms with Crippen LogP contribution in [0.2, 0.25) is 0 Å². The zero-order chi connectivity index (χ0) is 49.1. The standard InChI is InChI=1S/C68H45N5/c69-46-56-26-25-53(43-57(56)47-70)50-23-21-48(22-24-50)49-27-39-64(40-28-49)73-67-41-33-54(51-29-35-62(36-30-51)71(58-13-5-1-6-14-58)59-15-7-2-8-16-59)44-65(67)66-45-55(34-42-68(66)73)52-31-37-63(38-32-52)72(60-17-9-3-10-18-60)61-19-11-4-12-20-61/h1-45H. The highest BCUT2D eigenvalue weighted by molar-refractivity contribution is 6.11. The van der Waals surface area contributed by atoms with E-state index in [2.05, 4.69) is 281 Å². The first kappa shape index (κ1) is 44.0. The highest BCUT2D eigenvalue weighted by Gasteiger charge is 2.18. The van der Waals surface area contributed by atoms with Crippen molar-refractivity contribution in [2.24, 2.45) is 0 Å². The van der Waals surface area contributed by atoms with E-state index >= 15 is 0 Å². The van der Waals surface area contributed by atoms with Crippen molar-refractivity contribution in [2.75, 3.05) is 9.80 Å². The van der Waals surface area contributed by atoms with Crippen LogP contribution in [0, 0.1) is 22.7 Å². The van der Waals surface area contributed by atoms with Gasteiger partial charge in [-0.2, -0.15) is 10.5 Å². The monoisotopic (exact) mass is 931 g/mol. The molecule has 0 amide bonds. The van der Waals surface area contributed by atoms with Crippen LogP contribution in [0.3, 0.4) is 0 Å². The zero-order valence-corrected chi connectivity index (χ0v) is 39.7. The van der Waals surface area contributed by atoms with E-state index in [1.807, 2.05) is 6.07 Å². The molecule has 1 heterocycles. The van der Waals surface area contributed by atoms with Crippen LogP contribution in [0.5, 0.6) is 0 Å². The van der Waals surface area contributed by atoms with Gasteiger partial charge >= 0.3 is 0 Å². The van der Waals surface area contributed by atoms with E-state index in [0.717, 1.165) is 95.4 Å². The lowest BCUT2D eigenvalue weighted by molar-refractivity contribution is 1.18. The molecule has 342 valence electrons. The molecular formula is C68H45N5. The average molecular weight is 932 g/mol. The van der Waals surface area contributed by atoms with E-state index in [1.54, 1.807) is 12.1 Å². The molecular weight excluding hydrogens is 887 g/mol. The number of nitrogens with zero attached hydrogens (tertiary/aromatic N) is 5. The second-order valence-electron chi connectivity index (χ2n) is 18.0. The summed E-state index contributed by atoms with van der Waals surface area (Å²) in [4.78, 5) is 4.58. The van der Waals surface area contributed by atoms with Crippen LogP contribution < -0.4 is 9.80 Å². The lowest BCUT2D eigenvalue weighted by Gasteiger charge is -2.25. The Labute approximate surface area is 425 Å².